The molecule has 1 aromatic carbocycles. The third-order valence-corrected chi connectivity index (χ3v) is 5.74. The summed E-state index contributed by atoms with van der Waals surface area (Å²) < 4.78 is 22.9. The number of nitrogens with one attached hydrogen (secondary N) is 1. The Labute approximate surface area is 135 Å². The predicted octanol–water partition coefficient (Wildman–Crippen LogP) is 1.97. The third kappa shape index (κ3) is 3.59. The van der Waals surface area contributed by atoms with Crippen LogP contribution in [0.15, 0.2) is 42.5 Å². The first-order chi connectivity index (χ1) is 10.9. The van der Waals surface area contributed by atoms with Crippen LogP contribution in [-0.4, -0.2) is 36.9 Å². The topological polar surface area (TPSA) is 76.1 Å². The average Bonchev–Trinajstić information content (AvgIpc) is 2.86. The van der Waals surface area contributed by atoms with Crippen molar-refractivity contribution in [3.05, 3.63) is 53.7 Å². The second kappa shape index (κ2) is 6.12. The van der Waals surface area contributed by atoms with Crippen molar-refractivity contribution in [1.82, 2.24) is 10.3 Å². The molecule has 5 nitrogen and oxygen atoms in total. The zero-order chi connectivity index (χ0) is 16.4. The highest BCUT2D eigenvalue weighted by Gasteiger charge is 2.29. The molecule has 1 fully saturated rings. The summed E-state index contributed by atoms with van der Waals surface area (Å²) in [4.78, 5) is 16.8. The van der Waals surface area contributed by atoms with E-state index in [0.29, 0.717) is 17.7 Å². The summed E-state index contributed by atoms with van der Waals surface area (Å²) in [6, 6.07) is 13.0. The molecule has 1 aromatic heterocycles. The van der Waals surface area contributed by atoms with Crippen LogP contribution in [0, 0.1) is 6.92 Å². The second-order valence-corrected chi connectivity index (χ2v) is 8.00. The third-order valence-electron chi connectivity index (χ3n) is 3.97. The number of benzene rings is 1. The molecule has 1 atom stereocenters. The zero-order valence-electron chi connectivity index (χ0n) is 12.8. The van der Waals surface area contributed by atoms with Gasteiger partial charge >= 0.3 is 0 Å². The van der Waals surface area contributed by atoms with Gasteiger partial charge in [0.15, 0.2) is 9.84 Å². The van der Waals surface area contributed by atoms with E-state index in [0.717, 1.165) is 11.3 Å². The maximum absolute atomic E-state index is 12.3. The van der Waals surface area contributed by atoms with Crippen molar-refractivity contribution in [3.63, 3.8) is 0 Å². The summed E-state index contributed by atoms with van der Waals surface area (Å²) in [7, 11) is -3.01. The summed E-state index contributed by atoms with van der Waals surface area (Å²) in [6.45, 7) is 1.78. The molecular formula is C17H18N2O3S. The number of aryl methyl sites for hydroxylation is 1. The molecule has 2 heterocycles. The Morgan fingerprint density at radius 3 is 2.52 bits per heavy atom. The van der Waals surface area contributed by atoms with Gasteiger partial charge in [-0.05, 0) is 25.5 Å². The molecule has 120 valence electrons. The lowest BCUT2D eigenvalue weighted by molar-refractivity contribution is 0.0940. The smallest absolute Gasteiger partial charge is 0.253 e. The summed E-state index contributed by atoms with van der Waals surface area (Å²) in [5.74, 6) is -0.105. The van der Waals surface area contributed by atoms with Crippen molar-refractivity contribution in [2.75, 3.05) is 11.5 Å². The van der Waals surface area contributed by atoms with Crippen LogP contribution >= 0.6 is 0 Å². The molecule has 0 unspecified atom stereocenters. The number of hydrogen-bond donors (Lipinski definition) is 1. The Balaban J connectivity index is 1.77. The quantitative estimate of drug-likeness (QED) is 0.933. The predicted molar refractivity (Wildman–Crippen MR) is 88.9 cm³/mol. The van der Waals surface area contributed by atoms with Gasteiger partial charge in [-0.1, -0.05) is 30.3 Å². The maximum Gasteiger partial charge on any atom is 0.253 e. The second-order valence-electron chi connectivity index (χ2n) is 5.77. The minimum absolute atomic E-state index is 0.0211. The first kappa shape index (κ1) is 15.7. The van der Waals surface area contributed by atoms with Crippen molar-refractivity contribution in [2.45, 2.75) is 19.4 Å². The molecule has 0 aliphatic carbocycles. The first-order valence-electron chi connectivity index (χ1n) is 7.49. The molecule has 1 N–H and O–H groups in total. The van der Waals surface area contributed by atoms with Gasteiger partial charge in [0.2, 0.25) is 0 Å². The molecule has 0 bridgehead atoms. The highest BCUT2D eigenvalue weighted by Crippen LogP contribution is 2.19. The van der Waals surface area contributed by atoms with Crippen molar-refractivity contribution in [3.8, 4) is 11.3 Å². The van der Waals surface area contributed by atoms with Crippen molar-refractivity contribution >= 4 is 15.7 Å². The Kier molecular flexibility index (Phi) is 4.17. The lowest BCUT2D eigenvalue weighted by atomic mass is 10.1. The largest absolute Gasteiger partial charge is 0.348 e. The molecule has 1 amide bonds. The van der Waals surface area contributed by atoms with E-state index < -0.39 is 9.84 Å². The fourth-order valence-corrected chi connectivity index (χ4v) is 4.42. The van der Waals surface area contributed by atoms with E-state index in [1.165, 1.54) is 0 Å². The van der Waals surface area contributed by atoms with Crippen LogP contribution < -0.4 is 5.32 Å². The monoisotopic (exact) mass is 330 g/mol. The molecular weight excluding hydrogens is 312 g/mol. The molecule has 6 heteroatoms. The van der Waals surface area contributed by atoms with Gasteiger partial charge in [-0.25, -0.2) is 8.42 Å². The van der Waals surface area contributed by atoms with Crippen LogP contribution in [0.25, 0.3) is 11.3 Å². The van der Waals surface area contributed by atoms with Gasteiger partial charge in [0.1, 0.15) is 0 Å². The molecule has 1 aliphatic heterocycles. The fourth-order valence-electron chi connectivity index (χ4n) is 2.74. The van der Waals surface area contributed by atoms with E-state index in [9.17, 15) is 13.2 Å². The van der Waals surface area contributed by atoms with Gasteiger partial charge in [0, 0.05) is 11.6 Å². The number of sulfone groups is 1. The van der Waals surface area contributed by atoms with E-state index >= 15 is 0 Å². The number of nitrogens with zero attached hydrogens (tertiary/aromatic N) is 1. The van der Waals surface area contributed by atoms with Gasteiger partial charge in [0.25, 0.3) is 5.91 Å². The van der Waals surface area contributed by atoms with Crippen LogP contribution in [0.5, 0.6) is 0 Å². The van der Waals surface area contributed by atoms with Crippen molar-refractivity contribution in [2.24, 2.45) is 0 Å². The van der Waals surface area contributed by atoms with E-state index in [-0.39, 0.29) is 23.5 Å². The van der Waals surface area contributed by atoms with Gasteiger partial charge in [0.05, 0.1) is 28.5 Å². The van der Waals surface area contributed by atoms with E-state index in [2.05, 4.69) is 10.3 Å². The molecule has 1 aliphatic rings. The number of pyridine rings is 1. The highest BCUT2D eigenvalue weighted by atomic mass is 32.2. The molecule has 1 saturated heterocycles. The lowest BCUT2D eigenvalue weighted by Gasteiger charge is -2.12. The number of rotatable bonds is 3. The van der Waals surface area contributed by atoms with Gasteiger partial charge in [-0.15, -0.1) is 0 Å². The summed E-state index contributed by atoms with van der Waals surface area (Å²) >= 11 is 0. The zero-order valence-corrected chi connectivity index (χ0v) is 13.6. The van der Waals surface area contributed by atoms with E-state index in [4.69, 9.17) is 0 Å². The van der Waals surface area contributed by atoms with Gasteiger partial charge in [-0.3, -0.25) is 9.78 Å². The van der Waals surface area contributed by atoms with Gasteiger partial charge in [-0.2, -0.15) is 0 Å². The molecule has 2 aromatic rings. The summed E-state index contributed by atoms with van der Waals surface area (Å²) in [6.07, 6.45) is 0.475. The molecule has 0 radical (unpaired) electrons. The average molecular weight is 330 g/mol. The Hall–Kier alpha value is -2.21. The molecule has 23 heavy (non-hydrogen) atoms. The SMILES string of the molecule is Cc1nc(-c2ccccc2)ccc1C(=O)N[C@@H]1CCS(=O)(=O)C1. The summed E-state index contributed by atoms with van der Waals surface area (Å²) in [5.41, 5.74) is 2.91. The lowest BCUT2D eigenvalue weighted by Crippen LogP contribution is -2.36. The van der Waals surface area contributed by atoms with Crippen LogP contribution in [0.1, 0.15) is 22.5 Å². The fraction of sp³-hybridized carbons (Fsp3) is 0.294. The van der Waals surface area contributed by atoms with Crippen LogP contribution in [0.2, 0.25) is 0 Å². The number of carbonyl (C=O) groups is 1. The van der Waals surface area contributed by atoms with Crippen molar-refractivity contribution in [1.29, 1.82) is 0 Å². The minimum Gasteiger partial charge on any atom is -0.348 e. The van der Waals surface area contributed by atoms with Crippen LogP contribution in [0.4, 0.5) is 0 Å². The van der Waals surface area contributed by atoms with Crippen LogP contribution in [-0.2, 0) is 9.84 Å². The van der Waals surface area contributed by atoms with Crippen LogP contribution in [0.3, 0.4) is 0 Å². The van der Waals surface area contributed by atoms with Gasteiger partial charge < -0.3 is 5.32 Å². The number of amides is 1. The molecule has 0 saturated carbocycles. The Morgan fingerprint density at radius 2 is 1.91 bits per heavy atom. The Morgan fingerprint density at radius 1 is 1.17 bits per heavy atom. The van der Waals surface area contributed by atoms with E-state index in [1.54, 1.807) is 13.0 Å². The Bertz CT molecular complexity index is 832. The van der Waals surface area contributed by atoms with Crippen molar-refractivity contribution < 1.29 is 13.2 Å². The molecule has 3 rings (SSSR count). The molecule has 0 spiro atoms. The number of hydrogen-bond acceptors (Lipinski definition) is 4. The first-order valence-corrected chi connectivity index (χ1v) is 9.31. The van der Waals surface area contributed by atoms with E-state index in [1.807, 2.05) is 36.4 Å². The maximum atomic E-state index is 12.3. The standard InChI is InChI=1S/C17H18N2O3S/c1-12-15(17(20)19-14-9-10-23(21,22)11-14)7-8-16(18-12)13-5-3-2-4-6-13/h2-8,14H,9-11H2,1H3,(H,19,20)/t14-/m1/s1. The number of carbonyl (C=O) groups excluding carboxylic acids is 1. The summed E-state index contributed by atoms with van der Waals surface area (Å²) in [5, 5.41) is 2.79. The minimum atomic E-state index is -3.01. The normalized spacial score (nSPS) is 19.4. The highest BCUT2D eigenvalue weighted by molar-refractivity contribution is 7.91. The number of aromatic nitrogens is 1.